The first-order valence-electron chi connectivity index (χ1n) is 14.0. The molecule has 8 nitrogen and oxygen atoms in total. The van der Waals surface area contributed by atoms with Gasteiger partial charge >= 0.3 is 0 Å². The van der Waals surface area contributed by atoms with E-state index in [-0.39, 0.29) is 29.4 Å². The number of H-pyrrole nitrogens is 1. The predicted octanol–water partition coefficient (Wildman–Crippen LogP) is 4.82. The van der Waals surface area contributed by atoms with Gasteiger partial charge < -0.3 is 10.2 Å². The van der Waals surface area contributed by atoms with E-state index >= 15 is 0 Å². The van der Waals surface area contributed by atoms with Crippen LogP contribution in [0.3, 0.4) is 0 Å². The fourth-order valence-corrected chi connectivity index (χ4v) is 6.13. The molecule has 0 bridgehead atoms. The van der Waals surface area contributed by atoms with E-state index in [2.05, 4.69) is 21.6 Å². The summed E-state index contributed by atoms with van der Waals surface area (Å²) in [5.41, 5.74) is 1.74. The summed E-state index contributed by atoms with van der Waals surface area (Å²) in [6.07, 6.45) is 7.02. The van der Waals surface area contributed by atoms with E-state index in [1.807, 2.05) is 33.8 Å². The maximum atomic E-state index is 14.3. The van der Waals surface area contributed by atoms with Crippen LogP contribution >= 0.6 is 0 Å². The van der Waals surface area contributed by atoms with Gasteiger partial charge in [0.2, 0.25) is 5.91 Å². The average Bonchev–Trinajstić information content (AvgIpc) is 3.38. The normalized spacial score (nSPS) is 23.1. The van der Waals surface area contributed by atoms with Crippen LogP contribution in [0.2, 0.25) is 0 Å². The van der Waals surface area contributed by atoms with Gasteiger partial charge in [-0.3, -0.25) is 14.4 Å². The van der Waals surface area contributed by atoms with Crippen molar-refractivity contribution in [2.75, 3.05) is 0 Å². The molecule has 1 unspecified atom stereocenters. The summed E-state index contributed by atoms with van der Waals surface area (Å²) in [5, 5.41) is 19.1. The molecule has 2 aliphatic rings. The quantitative estimate of drug-likeness (QED) is 0.504. The van der Waals surface area contributed by atoms with Crippen LogP contribution in [0.4, 0.5) is 4.39 Å². The first-order valence-corrected chi connectivity index (χ1v) is 14.0. The third-order valence-corrected chi connectivity index (χ3v) is 8.54. The molecule has 2 amide bonds. The molecular formula is C32H38FN5O3. The number of carbonyl (C=O) groups is 2. The number of rotatable bonds is 7. The second-order valence-corrected chi connectivity index (χ2v) is 12.2. The highest BCUT2D eigenvalue weighted by atomic mass is 19.1. The van der Waals surface area contributed by atoms with Crippen LogP contribution in [-0.2, 0) is 11.2 Å². The highest BCUT2D eigenvalue weighted by molar-refractivity contribution is 5.97. The van der Waals surface area contributed by atoms with Gasteiger partial charge in [0.1, 0.15) is 11.9 Å². The van der Waals surface area contributed by atoms with Crippen molar-refractivity contribution in [3.05, 3.63) is 86.6 Å². The maximum Gasteiger partial charge on any atom is 0.267 e. The van der Waals surface area contributed by atoms with Crippen molar-refractivity contribution in [1.29, 1.82) is 5.26 Å². The minimum Gasteiger partial charge on any atom is -0.341 e. The number of aromatic nitrogens is 2. The molecule has 0 radical (unpaired) electrons. The van der Waals surface area contributed by atoms with Gasteiger partial charge in [0.15, 0.2) is 0 Å². The summed E-state index contributed by atoms with van der Waals surface area (Å²) in [4.78, 5) is 41.1. The van der Waals surface area contributed by atoms with Gasteiger partial charge in [0, 0.05) is 29.0 Å². The molecule has 4 rings (SSSR count). The number of aromatic amines is 1. The minimum absolute atomic E-state index is 0.251. The fraction of sp³-hybridized carbons (Fsp3) is 0.469. The van der Waals surface area contributed by atoms with E-state index in [1.54, 1.807) is 49.1 Å². The largest absolute Gasteiger partial charge is 0.341 e. The Morgan fingerprint density at radius 2 is 2.00 bits per heavy atom. The van der Waals surface area contributed by atoms with Crippen LogP contribution in [0.15, 0.2) is 53.1 Å². The van der Waals surface area contributed by atoms with E-state index in [4.69, 9.17) is 0 Å². The Balaban J connectivity index is 1.54. The van der Waals surface area contributed by atoms with Crippen LogP contribution in [0.1, 0.15) is 79.7 Å². The second kappa shape index (κ2) is 11.4. The van der Waals surface area contributed by atoms with Crippen molar-refractivity contribution in [2.24, 2.45) is 10.8 Å². The molecule has 1 aromatic carbocycles. The molecule has 1 saturated heterocycles. The maximum absolute atomic E-state index is 14.3. The highest BCUT2D eigenvalue weighted by Crippen LogP contribution is 2.46. The zero-order chi connectivity index (χ0) is 30.1. The lowest BCUT2D eigenvalue weighted by Gasteiger charge is -2.44. The molecule has 2 heterocycles. The minimum atomic E-state index is -0.866. The van der Waals surface area contributed by atoms with Crippen molar-refractivity contribution in [1.82, 2.24) is 20.4 Å². The Morgan fingerprint density at radius 3 is 2.66 bits per heavy atom. The van der Waals surface area contributed by atoms with E-state index in [1.165, 1.54) is 6.08 Å². The van der Waals surface area contributed by atoms with Gasteiger partial charge in [-0.1, -0.05) is 19.1 Å². The first kappa shape index (κ1) is 29.9. The molecule has 41 heavy (non-hydrogen) atoms. The van der Waals surface area contributed by atoms with E-state index in [9.17, 15) is 24.0 Å². The monoisotopic (exact) mass is 559 g/mol. The van der Waals surface area contributed by atoms with Gasteiger partial charge in [-0.25, -0.2) is 9.49 Å². The molecule has 2 aromatic rings. The van der Waals surface area contributed by atoms with Gasteiger partial charge in [0.25, 0.3) is 11.5 Å². The fourth-order valence-electron chi connectivity index (χ4n) is 6.13. The molecule has 1 aromatic heterocycles. The van der Waals surface area contributed by atoms with Crippen molar-refractivity contribution < 1.29 is 14.0 Å². The van der Waals surface area contributed by atoms with Crippen LogP contribution in [0, 0.1) is 36.0 Å². The number of hydrogen-bond donors (Lipinski definition) is 2. The number of aryl methyl sites for hydroxylation is 2. The van der Waals surface area contributed by atoms with E-state index < -0.39 is 22.8 Å². The lowest BCUT2D eigenvalue weighted by molar-refractivity contribution is -0.139. The Hall–Kier alpha value is -4.06. The topological polar surface area (TPSA) is 119 Å². The number of hydrogen-bond acceptors (Lipinski definition) is 5. The molecule has 1 aliphatic heterocycles. The Kier molecular flexibility index (Phi) is 8.34. The van der Waals surface area contributed by atoms with E-state index in [0.717, 1.165) is 11.1 Å². The summed E-state index contributed by atoms with van der Waals surface area (Å²) in [7, 11) is 0. The van der Waals surface area contributed by atoms with Crippen LogP contribution in [-0.4, -0.2) is 45.0 Å². The SMILES string of the molecule is Cc1cc(Cc2ccc(C(=O)N[C@H](C)C(=O)N3[C@H](C4(C)C=C(F)C=CC4)CC[C@@H]3C(C)(C)C#N)cc2C)c(=O)[nH]n1. The average molecular weight is 560 g/mol. The van der Waals surface area contributed by atoms with Crippen molar-refractivity contribution in [3.63, 3.8) is 0 Å². The molecule has 0 saturated carbocycles. The summed E-state index contributed by atoms with van der Waals surface area (Å²) >= 11 is 0. The van der Waals surface area contributed by atoms with Crippen molar-refractivity contribution in [3.8, 4) is 6.07 Å². The summed E-state index contributed by atoms with van der Waals surface area (Å²) in [6.45, 7) is 10.9. The van der Waals surface area contributed by atoms with Gasteiger partial charge in [-0.15, -0.1) is 0 Å². The Labute approximate surface area is 240 Å². The second-order valence-electron chi connectivity index (χ2n) is 12.2. The Bertz CT molecular complexity index is 1520. The van der Waals surface area contributed by atoms with Crippen LogP contribution < -0.4 is 10.9 Å². The van der Waals surface area contributed by atoms with Crippen molar-refractivity contribution >= 4 is 11.8 Å². The predicted molar refractivity (Wildman–Crippen MR) is 155 cm³/mol. The number of likely N-dealkylation sites (tertiary alicyclic amines) is 1. The molecule has 216 valence electrons. The summed E-state index contributed by atoms with van der Waals surface area (Å²) in [6, 6.07) is 7.77. The standard InChI is InChI=1S/C32H38FN5O3/c1-19-14-23(10-9-22(19)16-24-15-20(2)36-37-29(24)40)28(39)35-21(3)30(41)38-26(31(4,5)18-34)11-12-27(38)32(6)13-7-8-25(33)17-32/h7-10,14-15,17,21,26-27H,11-13,16H2,1-6H3,(H,35,39)(H,37,40)/t21-,26-,27+,32?/m1/s1. The number of allylic oxidation sites excluding steroid dienone is 3. The molecule has 9 heteroatoms. The number of carbonyl (C=O) groups excluding carboxylic acids is 2. The number of amides is 2. The zero-order valence-electron chi connectivity index (χ0n) is 24.5. The number of benzene rings is 1. The van der Waals surface area contributed by atoms with Crippen LogP contribution in [0.25, 0.3) is 0 Å². The third kappa shape index (κ3) is 6.17. The first-order chi connectivity index (χ1) is 19.3. The third-order valence-electron chi connectivity index (χ3n) is 8.54. The highest BCUT2D eigenvalue weighted by Gasteiger charge is 2.51. The number of nitriles is 1. The molecule has 0 spiro atoms. The lowest BCUT2D eigenvalue weighted by atomic mass is 9.75. The molecular weight excluding hydrogens is 521 g/mol. The van der Waals surface area contributed by atoms with Gasteiger partial charge in [0.05, 0.1) is 23.2 Å². The molecule has 4 atom stereocenters. The number of halogens is 1. The van der Waals surface area contributed by atoms with Crippen LogP contribution in [0.5, 0.6) is 0 Å². The zero-order valence-corrected chi connectivity index (χ0v) is 24.5. The summed E-state index contributed by atoms with van der Waals surface area (Å²) in [5.74, 6) is -1.03. The number of nitrogens with zero attached hydrogens (tertiary/aromatic N) is 3. The Morgan fingerprint density at radius 1 is 1.27 bits per heavy atom. The summed E-state index contributed by atoms with van der Waals surface area (Å²) < 4.78 is 14.3. The van der Waals surface area contributed by atoms with Gasteiger partial charge in [-0.2, -0.15) is 10.4 Å². The molecule has 1 fully saturated rings. The van der Waals surface area contributed by atoms with Crippen molar-refractivity contribution in [2.45, 2.75) is 85.4 Å². The number of nitrogens with one attached hydrogen (secondary N) is 2. The van der Waals surface area contributed by atoms with E-state index in [0.29, 0.717) is 42.5 Å². The smallest absolute Gasteiger partial charge is 0.267 e. The molecule has 2 N–H and O–H groups in total. The molecule has 1 aliphatic carbocycles. The lowest BCUT2D eigenvalue weighted by Crippen LogP contribution is -2.57. The van der Waals surface area contributed by atoms with Gasteiger partial charge in [-0.05, 0) is 95.4 Å².